The number of carbonyl (C=O) groups is 1. The van der Waals surface area contributed by atoms with Gasteiger partial charge in [0.2, 0.25) is 0 Å². The molecule has 0 amide bonds. The molecule has 0 radical (unpaired) electrons. The van der Waals surface area contributed by atoms with E-state index >= 15 is 0 Å². The molecular weight excluding hydrogens is 202 g/mol. The van der Waals surface area contributed by atoms with Crippen molar-refractivity contribution in [3.63, 3.8) is 0 Å². The van der Waals surface area contributed by atoms with E-state index in [0.29, 0.717) is 13.0 Å². The number of benzene rings is 1. The van der Waals surface area contributed by atoms with Gasteiger partial charge in [-0.3, -0.25) is 4.79 Å². The van der Waals surface area contributed by atoms with Crippen molar-refractivity contribution in [2.75, 3.05) is 6.54 Å². The molecule has 1 aromatic rings. The zero-order chi connectivity index (χ0) is 11.6. The van der Waals surface area contributed by atoms with Crippen LogP contribution in [0.5, 0.6) is 0 Å². The number of hydrogen-bond donors (Lipinski definition) is 1. The van der Waals surface area contributed by atoms with Crippen molar-refractivity contribution in [1.29, 1.82) is 0 Å². The summed E-state index contributed by atoms with van der Waals surface area (Å²) in [5.41, 5.74) is 4.80. The molecule has 16 heavy (non-hydrogen) atoms. The Bertz CT molecular complexity index is 298. The first-order valence-electron chi connectivity index (χ1n) is 5.81. The minimum Gasteiger partial charge on any atom is -0.461 e. The second-order valence-corrected chi connectivity index (χ2v) is 3.81. The van der Waals surface area contributed by atoms with E-state index in [2.05, 4.69) is 5.73 Å². The van der Waals surface area contributed by atoms with Crippen molar-refractivity contribution in [2.24, 2.45) is 0 Å². The summed E-state index contributed by atoms with van der Waals surface area (Å²) in [5.74, 6) is -0.104. The predicted octanol–water partition coefficient (Wildman–Crippen LogP) is 1.53. The summed E-state index contributed by atoms with van der Waals surface area (Å²) in [6.07, 6.45) is 3.58. The quantitative estimate of drug-likeness (QED) is 0.562. The van der Waals surface area contributed by atoms with Gasteiger partial charge in [-0.2, -0.15) is 0 Å². The minimum atomic E-state index is -0.104. The Balaban J connectivity index is 2.11. The summed E-state index contributed by atoms with van der Waals surface area (Å²) < 4.78 is 5.15. The van der Waals surface area contributed by atoms with Gasteiger partial charge in [-0.1, -0.05) is 30.3 Å². The molecule has 3 N–H and O–H groups in total. The summed E-state index contributed by atoms with van der Waals surface area (Å²) in [7, 11) is 0. The monoisotopic (exact) mass is 222 g/mol. The maximum atomic E-state index is 11.3. The molecule has 0 fully saturated rings. The van der Waals surface area contributed by atoms with Gasteiger partial charge in [0.1, 0.15) is 6.61 Å². The maximum Gasteiger partial charge on any atom is 0.306 e. The third kappa shape index (κ3) is 5.51. The predicted molar refractivity (Wildman–Crippen MR) is 62.5 cm³/mol. The van der Waals surface area contributed by atoms with Gasteiger partial charge in [0.15, 0.2) is 0 Å². The van der Waals surface area contributed by atoms with Crippen LogP contribution in [0.1, 0.15) is 31.2 Å². The van der Waals surface area contributed by atoms with E-state index in [9.17, 15) is 4.79 Å². The van der Waals surface area contributed by atoms with Crippen LogP contribution in [0.4, 0.5) is 0 Å². The van der Waals surface area contributed by atoms with E-state index in [4.69, 9.17) is 4.74 Å². The number of unbranched alkanes of at least 4 members (excludes halogenated alkanes) is 2. The first-order valence-corrected chi connectivity index (χ1v) is 5.81. The lowest BCUT2D eigenvalue weighted by Gasteiger charge is -2.04. The number of hydrogen-bond acceptors (Lipinski definition) is 2. The standard InChI is InChI=1S/C13H19NO2/c14-10-6-2-5-9-13(15)16-11-12-7-3-1-4-8-12/h1,3-4,7-8H,2,5-6,9-11,14H2/p+1. The Morgan fingerprint density at radius 1 is 1.12 bits per heavy atom. The Labute approximate surface area is 96.6 Å². The molecule has 0 atom stereocenters. The van der Waals surface area contributed by atoms with Gasteiger partial charge in [0.05, 0.1) is 6.54 Å². The third-order valence-electron chi connectivity index (χ3n) is 2.37. The van der Waals surface area contributed by atoms with Crippen molar-refractivity contribution in [2.45, 2.75) is 32.3 Å². The van der Waals surface area contributed by atoms with Gasteiger partial charge in [0.25, 0.3) is 0 Å². The Kier molecular flexibility index (Phi) is 6.26. The van der Waals surface area contributed by atoms with Gasteiger partial charge >= 0.3 is 5.97 Å². The highest BCUT2D eigenvalue weighted by Crippen LogP contribution is 2.04. The molecule has 0 heterocycles. The van der Waals surface area contributed by atoms with Crippen molar-refractivity contribution < 1.29 is 15.3 Å². The van der Waals surface area contributed by atoms with E-state index in [-0.39, 0.29) is 5.97 Å². The van der Waals surface area contributed by atoms with E-state index in [1.165, 1.54) is 0 Å². The molecule has 0 bridgehead atoms. The highest BCUT2D eigenvalue weighted by atomic mass is 16.5. The zero-order valence-corrected chi connectivity index (χ0v) is 9.65. The lowest BCUT2D eigenvalue weighted by Crippen LogP contribution is -2.50. The van der Waals surface area contributed by atoms with Gasteiger partial charge in [-0.25, -0.2) is 0 Å². The Morgan fingerprint density at radius 2 is 1.88 bits per heavy atom. The Morgan fingerprint density at radius 3 is 2.56 bits per heavy atom. The fourth-order valence-corrected chi connectivity index (χ4v) is 1.43. The lowest BCUT2D eigenvalue weighted by molar-refractivity contribution is -0.368. The average molecular weight is 222 g/mol. The smallest absolute Gasteiger partial charge is 0.306 e. The van der Waals surface area contributed by atoms with Crippen LogP contribution in [-0.4, -0.2) is 12.5 Å². The molecule has 3 nitrogen and oxygen atoms in total. The molecule has 1 aromatic carbocycles. The van der Waals surface area contributed by atoms with Gasteiger partial charge in [-0.15, -0.1) is 0 Å². The molecular formula is C13H20NO2+. The molecule has 0 aliphatic rings. The molecule has 88 valence electrons. The van der Waals surface area contributed by atoms with E-state index in [1.807, 2.05) is 30.3 Å². The van der Waals surface area contributed by atoms with Crippen molar-refractivity contribution in [1.82, 2.24) is 0 Å². The summed E-state index contributed by atoms with van der Waals surface area (Å²) in [5, 5.41) is 0. The van der Waals surface area contributed by atoms with E-state index in [0.717, 1.165) is 31.4 Å². The van der Waals surface area contributed by atoms with Crippen molar-refractivity contribution in [3.05, 3.63) is 35.9 Å². The zero-order valence-electron chi connectivity index (χ0n) is 9.65. The first kappa shape index (κ1) is 12.7. The van der Waals surface area contributed by atoms with Crippen LogP contribution in [0, 0.1) is 0 Å². The van der Waals surface area contributed by atoms with E-state index in [1.54, 1.807) is 0 Å². The SMILES string of the molecule is [NH3+]CCCCCC(=O)OCc1ccccc1. The van der Waals surface area contributed by atoms with Crippen LogP contribution in [0.15, 0.2) is 30.3 Å². The van der Waals surface area contributed by atoms with Gasteiger partial charge in [0, 0.05) is 6.42 Å². The maximum absolute atomic E-state index is 11.3. The van der Waals surface area contributed by atoms with Crippen molar-refractivity contribution in [3.8, 4) is 0 Å². The fourth-order valence-electron chi connectivity index (χ4n) is 1.43. The number of ether oxygens (including phenoxy) is 1. The topological polar surface area (TPSA) is 53.9 Å². The van der Waals surface area contributed by atoms with Crippen LogP contribution in [-0.2, 0) is 16.1 Å². The molecule has 0 spiro atoms. The van der Waals surface area contributed by atoms with Gasteiger partial charge in [-0.05, 0) is 24.8 Å². The molecule has 3 heteroatoms. The van der Waals surface area contributed by atoms with Crippen LogP contribution < -0.4 is 5.73 Å². The minimum absolute atomic E-state index is 0.104. The lowest BCUT2D eigenvalue weighted by atomic mass is 10.2. The number of carbonyl (C=O) groups excluding carboxylic acids is 1. The summed E-state index contributed by atoms with van der Waals surface area (Å²) in [6, 6.07) is 9.74. The molecule has 0 unspecified atom stereocenters. The number of quaternary nitrogens is 1. The number of rotatable bonds is 7. The molecule has 0 aliphatic heterocycles. The van der Waals surface area contributed by atoms with Crippen LogP contribution in [0.3, 0.4) is 0 Å². The first-order chi connectivity index (χ1) is 7.83. The second-order valence-electron chi connectivity index (χ2n) is 3.81. The average Bonchev–Trinajstić information content (AvgIpc) is 2.33. The van der Waals surface area contributed by atoms with Gasteiger partial charge < -0.3 is 10.5 Å². The molecule has 0 saturated carbocycles. The molecule has 1 rings (SSSR count). The summed E-state index contributed by atoms with van der Waals surface area (Å²) in [6.45, 7) is 1.33. The molecule has 0 aromatic heterocycles. The second kappa shape index (κ2) is 7.88. The molecule has 0 saturated heterocycles. The molecule has 0 aliphatic carbocycles. The summed E-state index contributed by atoms with van der Waals surface area (Å²) in [4.78, 5) is 11.3. The van der Waals surface area contributed by atoms with E-state index < -0.39 is 0 Å². The highest BCUT2D eigenvalue weighted by molar-refractivity contribution is 5.69. The van der Waals surface area contributed by atoms with Crippen molar-refractivity contribution >= 4 is 5.97 Å². The highest BCUT2D eigenvalue weighted by Gasteiger charge is 2.02. The van der Waals surface area contributed by atoms with Crippen LogP contribution in [0.25, 0.3) is 0 Å². The number of esters is 1. The van der Waals surface area contributed by atoms with Crippen LogP contribution in [0.2, 0.25) is 0 Å². The van der Waals surface area contributed by atoms with Crippen LogP contribution >= 0.6 is 0 Å². The largest absolute Gasteiger partial charge is 0.461 e. The normalized spacial score (nSPS) is 10.1. The third-order valence-corrected chi connectivity index (χ3v) is 2.37. The fraction of sp³-hybridized carbons (Fsp3) is 0.462. The summed E-state index contributed by atoms with van der Waals surface area (Å²) >= 11 is 0. The Hall–Kier alpha value is -1.35.